The number of hydrogen-bond acceptors (Lipinski definition) is 4. The lowest BCUT2D eigenvalue weighted by Gasteiger charge is -2.13. The summed E-state index contributed by atoms with van der Waals surface area (Å²) in [5, 5.41) is 6.49. The van der Waals surface area contributed by atoms with Crippen LogP contribution < -0.4 is 10.6 Å². The SMILES string of the molecule is [CH](CC1=NCCN1)C1=NCCCN1. The van der Waals surface area contributed by atoms with E-state index < -0.39 is 0 Å². The second kappa shape index (κ2) is 4.25. The van der Waals surface area contributed by atoms with Gasteiger partial charge in [0.15, 0.2) is 0 Å². The van der Waals surface area contributed by atoms with E-state index in [1.165, 1.54) is 0 Å². The molecule has 2 heterocycles. The molecule has 0 amide bonds. The summed E-state index contributed by atoms with van der Waals surface area (Å²) in [5.74, 6) is 2.12. The summed E-state index contributed by atoms with van der Waals surface area (Å²) in [4.78, 5) is 8.67. The van der Waals surface area contributed by atoms with Gasteiger partial charge < -0.3 is 10.6 Å². The fourth-order valence-corrected chi connectivity index (χ4v) is 1.46. The van der Waals surface area contributed by atoms with E-state index in [1.54, 1.807) is 0 Å². The summed E-state index contributed by atoms with van der Waals surface area (Å²) in [5.41, 5.74) is 0. The molecule has 0 aromatic carbocycles. The normalized spacial score (nSPS) is 21.5. The average molecular weight is 179 g/mol. The van der Waals surface area contributed by atoms with Crippen molar-refractivity contribution in [2.75, 3.05) is 26.2 Å². The molecule has 1 radical (unpaired) electrons. The van der Waals surface area contributed by atoms with Crippen LogP contribution >= 0.6 is 0 Å². The van der Waals surface area contributed by atoms with Gasteiger partial charge in [-0.05, 0) is 6.42 Å². The van der Waals surface area contributed by atoms with Crippen molar-refractivity contribution in [3.63, 3.8) is 0 Å². The molecule has 13 heavy (non-hydrogen) atoms. The zero-order valence-corrected chi connectivity index (χ0v) is 7.71. The van der Waals surface area contributed by atoms with Crippen LogP contribution in [0.15, 0.2) is 9.98 Å². The van der Waals surface area contributed by atoms with E-state index in [4.69, 9.17) is 0 Å². The minimum atomic E-state index is 0.881. The molecule has 0 aromatic heterocycles. The second-order valence-electron chi connectivity index (χ2n) is 3.21. The lowest BCUT2D eigenvalue weighted by Crippen LogP contribution is -2.31. The molecular formula is C9H15N4. The third-order valence-electron chi connectivity index (χ3n) is 2.16. The van der Waals surface area contributed by atoms with Crippen molar-refractivity contribution in [2.24, 2.45) is 9.98 Å². The van der Waals surface area contributed by atoms with Crippen molar-refractivity contribution in [1.29, 1.82) is 0 Å². The van der Waals surface area contributed by atoms with E-state index in [0.29, 0.717) is 0 Å². The highest BCUT2D eigenvalue weighted by Gasteiger charge is 2.08. The second-order valence-corrected chi connectivity index (χ2v) is 3.21. The number of amidine groups is 2. The first kappa shape index (κ1) is 8.53. The Morgan fingerprint density at radius 2 is 2.15 bits per heavy atom. The van der Waals surface area contributed by atoms with Gasteiger partial charge >= 0.3 is 0 Å². The highest BCUT2D eigenvalue weighted by atomic mass is 15.1. The van der Waals surface area contributed by atoms with Crippen LogP contribution in [0.2, 0.25) is 0 Å². The molecule has 2 aliphatic heterocycles. The Morgan fingerprint density at radius 1 is 1.15 bits per heavy atom. The molecule has 0 fully saturated rings. The minimum Gasteiger partial charge on any atom is -0.374 e. The summed E-state index contributed by atoms with van der Waals surface area (Å²) in [7, 11) is 0. The molecule has 2 N–H and O–H groups in total. The number of aliphatic imine (C=N–C) groups is 2. The Labute approximate surface area is 78.5 Å². The van der Waals surface area contributed by atoms with Crippen molar-refractivity contribution >= 4 is 11.7 Å². The van der Waals surface area contributed by atoms with Gasteiger partial charge in [-0.3, -0.25) is 9.98 Å². The van der Waals surface area contributed by atoms with Crippen LogP contribution in [0.4, 0.5) is 0 Å². The highest BCUT2D eigenvalue weighted by molar-refractivity contribution is 5.96. The molecule has 0 saturated carbocycles. The molecule has 0 spiro atoms. The molecule has 4 heteroatoms. The first-order chi connectivity index (χ1) is 6.45. The molecule has 0 aromatic rings. The molecule has 4 nitrogen and oxygen atoms in total. The van der Waals surface area contributed by atoms with Crippen LogP contribution in [0.25, 0.3) is 0 Å². The molecule has 2 rings (SSSR count). The molecule has 0 bridgehead atoms. The lowest BCUT2D eigenvalue weighted by molar-refractivity contribution is 0.739. The van der Waals surface area contributed by atoms with E-state index >= 15 is 0 Å². The lowest BCUT2D eigenvalue weighted by atomic mass is 10.2. The molecule has 2 aliphatic rings. The smallest absolute Gasteiger partial charge is 0.101 e. The summed E-state index contributed by atoms with van der Waals surface area (Å²) < 4.78 is 0. The van der Waals surface area contributed by atoms with Gasteiger partial charge in [-0.15, -0.1) is 0 Å². The van der Waals surface area contributed by atoms with Gasteiger partial charge in [0.1, 0.15) is 5.84 Å². The van der Waals surface area contributed by atoms with E-state index in [-0.39, 0.29) is 0 Å². The first-order valence-corrected chi connectivity index (χ1v) is 4.84. The Balaban J connectivity index is 1.74. The van der Waals surface area contributed by atoms with Gasteiger partial charge in [-0.25, -0.2) is 0 Å². The zero-order valence-electron chi connectivity index (χ0n) is 7.71. The molecule has 71 valence electrons. The largest absolute Gasteiger partial charge is 0.374 e. The van der Waals surface area contributed by atoms with Gasteiger partial charge in [0, 0.05) is 32.5 Å². The summed E-state index contributed by atoms with van der Waals surface area (Å²) in [6.07, 6.45) is 4.14. The Bertz CT molecular complexity index is 232. The van der Waals surface area contributed by atoms with Crippen molar-refractivity contribution in [3.05, 3.63) is 6.42 Å². The topological polar surface area (TPSA) is 48.8 Å². The number of nitrogens with zero attached hydrogens (tertiary/aromatic N) is 2. The fraction of sp³-hybridized carbons (Fsp3) is 0.667. The van der Waals surface area contributed by atoms with Crippen molar-refractivity contribution in [1.82, 2.24) is 10.6 Å². The molecular weight excluding hydrogens is 164 g/mol. The van der Waals surface area contributed by atoms with Crippen LogP contribution in [0.5, 0.6) is 0 Å². The van der Waals surface area contributed by atoms with E-state index in [2.05, 4.69) is 27.0 Å². The predicted molar refractivity (Wildman–Crippen MR) is 54.1 cm³/mol. The monoisotopic (exact) mass is 179 g/mol. The van der Waals surface area contributed by atoms with Crippen LogP contribution in [0, 0.1) is 6.42 Å². The molecule has 0 unspecified atom stereocenters. The number of rotatable bonds is 3. The van der Waals surface area contributed by atoms with Crippen molar-refractivity contribution < 1.29 is 0 Å². The van der Waals surface area contributed by atoms with E-state index in [0.717, 1.165) is 50.7 Å². The molecule has 0 saturated heterocycles. The van der Waals surface area contributed by atoms with Gasteiger partial charge in [0.2, 0.25) is 0 Å². The van der Waals surface area contributed by atoms with Gasteiger partial charge in [0.05, 0.1) is 12.4 Å². The molecule has 0 atom stereocenters. The van der Waals surface area contributed by atoms with Crippen molar-refractivity contribution in [2.45, 2.75) is 12.8 Å². The Morgan fingerprint density at radius 3 is 2.85 bits per heavy atom. The average Bonchev–Trinajstić information content (AvgIpc) is 2.69. The molecule has 0 aliphatic carbocycles. The van der Waals surface area contributed by atoms with Crippen LogP contribution in [-0.2, 0) is 0 Å². The minimum absolute atomic E-state index is 0.881. The quantitative estimate of drug-likeness (QED) is 0.639. The maximum atomic E-state index is 4.36. The maximum absolute atomic E-state index is 4.36. The first-order valence-electron chi connectivity index (χ1n) is 4.84. The Hall–Kier alpha value is -1.06. The maximum Gasteiger partial charge on any atom is 0.101 e. The Kier molecular flexibility index (Phi) is 2.79. The third-order valence-corrected chi connectivity index (χ3v) is 2.16. The van der Waals surface area contributed by atoms with Gasteiger partial charge in [-0.2, -0.15) is 0 Å². The van der Waals surface area contributed by atoms with Gasteiger partial charge in [0.25, 0.3) is 0 Å². The van der Waals surface area contributed by atoms with Crippen LogP contribution in [0.3, 0.4) is 0 Å². The van der Waals surface area contributed by atoms with E-state index in [9.17, 15) is 0 Å². The van der Waals surface area contributed by atoms with E-state index in [1.807, 2.05) is 0 Å². The fourth-order valence-electron chi connectivity index (χ4n) is 1.46. The standard InChI is InChI=1S/C9H15N4/c1-4-10-8(11-5-1)2-3-9-12-6-7-13-9/h2H,1,3-7H2,(H,10,11)(H,12,13). The van der Waals surface area contributed by atoms with Crippen LogP contribution in [-0.4, -0.2) is 37.9 Å². The van der Waals surface area contributed by atoms with Crippen LogP contribution in [0.1, 0.15) is 12.8 Å². The summed E-state index contributed by atoms with van der Waals surface area (Å²) >= 11 is 0. The van der Waals surface area contributed by atoms with Crippen molar-refractivity contribution in [3.8, 4) is 0 Å². The zero-order chi connectivity index (χ0) is 8.93. The predicted octanol–water partition coefficient (Wildman–Crippen LogP) is -0.0257. The van der Waals surface area contributed by atoms with Gasteiger partial charge in [-0.1, -0.05) is 0 Å². The summed E-state index contributed by atoms with van der Waals surface area (Å²) in [6.45, 7) is 3.92. The summed E-state index contributed by atoms with van der Waals surface area (Å²) in [6, 6.07) is 0. The third kappa shape index (κ3) is 2.44. The highest BCUT2D eigenvalue weighted by Crippen LogP contribution is 1.99. The number of nitrogens with one attached hydrogen (secondary N) is 2. The number of hydrogen-bond donors (Lipinski definition) is 2.